The number of carbonyl (C=O) groups is 1. The van der Waals surface area contributed by atoms with Gasteiger partial charge in [-0.05, 0) is 13.0 Å². The van der Waals surface area contributed by atoms with Crippen molar-refractivity contribution in [2.24, 2.45) is 0 Å². The molecule has 1 aromatic rings. The van der Waals surface area contributed by atoms with Crippen LogP contribution in [-0.2, 0) is 0 Å². The molecule has 0 aliphatic heterocycles. The number of aromatic nitrogens is 1. The van der Waals surface area contributed by atoms with Crippen LogP contribution in [0.15, 0.2) is 12.3 Å². The number of hydrogen-bond acceptors (Lipinski definition) is 4. The zero-order valence-corrected chi connectivity index (χ0v) is 7.00. The zero-order chi connectivity index (χ0) is 9.14. The minimum Gasteiger partial charge on any atom is -0.480 e. The maximum atomic E-state index is 11.0. The molecule has 1 aromatic heterocycles. The van der Waals surface area contributed by atoms with Crippen molar-refractivity contribution in [3.05, 3.63) is 17.8 Å². The van der Waals surface area contributed by atoms with Crippen LogP contribution in [0.2, 0.25) is 0 Å². The molecule has 0 unspecified atom stereocenters. The summed E-state index contributed by atoms with van der Waals surface area (Å²) in [5, 5.41) is 0. The van der Waals surface area contributed by atoms with Gasteiger partial charge in [-0.25, -0.2) is 4.98 Å². The van der Waals surface area contributed by atoms with Crippen molar-refractivity contribution in [2.45, 2.75) is 6.92 Å². The Morgan fingerprint density at radius 3 is 2.83 bits per heavy atom. The number of ketones is 1. The average Bonchev–Trinajstić information content (AvgIpc) is 2.04. The SMILES string of the molecule is COc1ncc(N)cc1C(C)=O. The number of rotatable bonds is 2. The van der Waals surface area contributed by atoms with Gasteiger partial charge in [0.15, 0.2) is 5.78 Å². The van der Waals surface area contributed by atoms with E-state index in [9.17, 15) is 4.79 Å². The number of carbonyl (C=O) groups excluding carboxylic acids is 1. The van der Waals surface area contributed by atoms with Crippen LogP contribution in [-0.4, -0.2) is 17.9 Å². The van der Waals surface area contributed by atoms with Crippen LogP contribution in [0.5, 0.6) is 5.88 Å². The molecule has 0 radical (unpaired) electrons. The molecule has 64 valence electrons. The number of ether oxygens (including phenoxy) is 1. The van der Waals surface area contributed by atoms with E-state index in [0.717, 1.165) is 0 Å². The van der Waals surface area contributed by atoms with Gasteiger partial charge in [0.1, 0.15) is 0 Å². The second kappa shape index (κ2) is 3.21. The lowest BCUT2D eigenvalue weighted by Gasteiger charge is -2.03. The zero-order valence-electron chi connectivity index (χ0n) is 7.00. The molecule has 0 saturated carbocycles. The van der Waals surface area contributed by atoms with Crippen LogP contribution < -0.4 is 10.5 Å². The quantitative estimate of drug-likeness (QED) is 0.662. The Kier molecular flexibility index (Phi) is 2.28. The summed E-state index contributed by atoms with van der Waals surface area (Å²) in [4.78, 5) is 14.9. The molecule has 4 nitrogen and oxygen atoms in total. The van der Waals surface area contributed by atoms with E-state index in [1.165, 1.54) is 20.2 Å². The van der Waals surface area contributed by atoms with Crippen molar-refractivity contribution in [3.8, 4) is 5.88 Å². The first-order chi connectivity index (χ1) is 5.65. The fourth-order valence-electron chi connectivity index (χ4n) is 0.883. The highest BCUT2D eigenvalue weighted by Gasteiger charge is 2.08. The Hall–Kier alpha value is -1.58. The van der Waals surface area contributed by atoms with Crippen LogP contribution in [0.25, 0.3) is 0 Å². The molecule has 2 N–H and O–H groups in total. The first kappa shape index (κ1) is 8.52. The summed E-state index contributed by atoms with van der Waals surface area (Å²) >= 11 is 0. The first-order valence-electron chi connectivity index (χ1n) is 3.45. The summed E-state index contributed by atoms with van der Waals surface area (Å²) in [5.41, 5.74) is 6.32. The Balaban J connectivity index is 3.21. The van der Waals surface area contributed by atoms with E-state index in [1.807, 2.05) is 0 Å². The molecule has 0 saturated heterocycles. The molecule has 0 spiro atoms. The summed E-state index contributed by atoms with van der Waals surface area (Å²) in [7, 11) is 1.46. The molecule has 0 fully saturated rings. The number of methoxy groups -OCH3 is 1. The predicted molar refractivity (Wildman–Crippen MR) is 45.2 cm³/mol. The van der Waals surface area contributed by atoms with Crippen LogP contribution in [0.1, 0.15) is 17.3 Å². The van der Waals surface area contributed by atoms with Crippen molar-refractivity contribution >= 4 is 11.5 Å². The topological polar surface area (TPSA) is 65.2 Å². The number of pyridine rings is 1. The molecule has 0 atom stereocenters. The molecule has 4 heteroatoms. The highest BCUT2D eigenvalue weighted by atomic mass is 16.5. The van der Waals surface area contributed by atoms with Gasteiger partial charge in [-0.2, -0.15) is 0 Å². The van der Waals surface area contributed by atoms with Crippen LogP contribution >= 0.6 is 0 Å². The Bertz CT molecular complexity index is 310. The molecule has 0 amide bonds. The predicted octanol–water partition coefficient (Wildman–Crippen LogP) is 0.875. The largest absolute Gasteiger partial charge is 0.480 e. The highest BCUT2D eigenvalue weighted by molar-refractivity contribution is 5.96. The maximum Gasteiger partial charge on any atom is 0.224 e. The number of anilines is 1. The van der Waals surface area contributed by atoms with Crippen molar-refractivity contribution in [3.63, 3.8) is 0 Å². The smallest absolute Gasteiger partial charge is 0.224 e. The lowest BCUT2D eigenvalue weighted by Crippen LogP contribution is -2.01. The standard InChI is InChI=1S/C8H10N2O2/c1-5(11)7-3-6(9)4-10-8(7)12-2/h3-4H,9H2,1-2H3. The maximum absolute atomic E-state index is 11.0. The summed E-state index contributed by atoms with van der Waals surface area (Å²) in [6.07, 6.45) is 1.45. The van der Waals surface area contributed by atoms with E-state index in [0.29, 0.717) is 17.1 Å². The molecule has 0 aromatic carbocycles. The fraction of sp³-hybridized carbons (Fsp3) is 0.250. The molecule has 0 bridgehead atoms. The van der Waals surface area contributed by atoms with Crippen LogP contribution in [0, 0.1) is 0 Å². The van der Waals surface area contributed by atoms with Gasteiger partial charge >= 0.3 is 0 Å². The molecule has 1 heterocycles. The van der Waals surface area contributed by atoms with Crippen LogP contribution in [0.3, 0.4) is 0 Å². The monoisotopic (exact) mass is 166 g/mol. The van der Waals surface area contributed by atoms with Gasteiger partial charge < -0.3 is 10.5 Å². The Morgan fingerprint density at radius 2 is 2.33 bits per heavy atom. The van der Waals surface area contributed by atoms with Gasteiger partial charge in [-0.1, -0.05) is 0 Å². The van der Waals surface area contributed by atoms with Crippen molar-refractivity contribution < 1.29 is 9.53 Å². The van der Waals surface area contributed by atoms with Gasteiger partial charge in [0, 0.05) is 0 Å². The Morgan fingerprint density at radius 1 is 1.67 bits per heavy atom. The van der Waals surface area contributed by atoms with Gasteiger partial charge in [-0.15, -0.1) is 0 Å². The number of nitrogens with zero attached hydrogens (tertiary/aromatic N) is 1. The van der Waals surface area contributed by atoms with Gasteiger partial charge in [-0.3, -0.25) is 4.79 Å². The van der Waals surface area contributed by atoms with Crippen molar-refractivity contribution in [1.29, 1.82) is 0 Å². The minimum atomic E-state index is -0.105. The van der Waals surface area contributed by atoms with Crippen molar-refractivity contribution in [2.75, 3.05) is 12.8 Å². The molecular weight excluding hydrogens is 156 g/mol. The third-order valence-electron chi connectivity index (χ3n) is 1.44. The van der Waals surface area contributed by atoms with E-state index in [-0.39, 0.29) is 5.78 Å². The fourth-order valence-corrected chi connectivity index (χ4v) is 0.883. The first-order valence-corrected chi connectivity index (χ1v) is 3.45. The van der Waals surface area contributed by atoms with Gasteiger partial charge in [0.25, 0.3) is 0 Å². The second-order valence-electron chi connectivity index (χ2n) is 2.38. The Labute approximate surface area is 70.4 Å². The molecule has 12 heavy (non-hydrogen) atoms. The van der Waals surface area contributed by atoms with Crippen LogP contribution in [0.4, 0.5) is 5.69 Å². The van der Waals surface area contributed by atoms with Gasteiger partial charge in [0.05, 0.1) is 24.6 Å². The lowest BCUT2D eigenvalue weighted by atomic mass is 10.2. The third-order valence-corrected chi connectivity index (χ3v) is 1.44. The second-order valence-corrected chi connectivity index (χ2v) is 2.38. The highest BCUT2D eigenvalue weighted by Crippen LogP contribution is 2.17. The number of nitrogen functional groups attached to an aromatic ring is 1. The number of nitrogens with two attached hydrogens (primary N) is 1. The van der Waals surface area contributed by atoms with E-state index < -0.39 is 0 Å². The van der Waals surface area contributed by atoms with Gasteiger partial charge in [0.2, 0.25) is 5.88 Å². The number of hydrogen-bond donors (Lipinski definition) is 1. The van der Waals surface area contributed by atoms with Crippen molar-refractivity contribution in [1.82, 2.24) is 4.98 Å². The van der Waals surface area contributed by atoms with E-state index in [1.54, 1.807) is 6.07 Å². The normalized spacial score (nSPS) is 9.50. The summed E-state index contributed by atoms with van der Waals surface area (Å²) in [6, 6.07) is 1.55. The minimum absolute atomic E-state index is 0.105. The van der Waals surface area contributed by atoms with E-state index in [4.69, 9.17) is 10.5 Å². The van der Waals surface area contributed by atoms with E-state index >= 15 is 0 Å². The number of Topliss-reactive ketones (excluding diaryl/α,β-unsaturated/α-hetero) is 1. The summed E-state index contributed by atoms with van der Waals surface area (Å²) < 4.78 is 4.87. The molecular formula is C8H10N2O2. The average molecular weight is 166 g/mol. The summed E-state index contributed by atoms with van der Waals surface area (Å²) in [5.74, 6) is 0.211. The van der Waals surface area contributed by atoms with E-state index in [2.05, 4.69) is 4.98 Å². The lowest BCUT2D eigenvalue weighted by molar-refractivity contribution is 0.101. The molecule has 0 aliphatic rings. The third kappa shape index (κ3) is 1.53. The molecule has 0 aliphatic carbocycles. The summed E-state index contributed by atoms with van der Waals surface area (Å²) in [6.45, 7) is 1.44. The molecule has 1 rings (SSSR count).